The number of rotatable bonds is 6. The molecule has 0 heterocycles. The molecule has 0 aliphatic rings. The molecule has 0 atom stereocenters. The van der Waals surface area contributed by atoms with Gasteiger partial charge in [-0.3, -0.25) is 0 Å². The molecule has 5 heteroatoms. The fraction of sp³-hybridized carbons (Fsp3) is 0.417. The lowest BCUT2D eigenvalue weighted by Crippen LogP contribution is -2.07. The van der Waals surface area contributed by atoms with Gasteiger partial charge in [0.1, 0.15) is 0 Å². The van der Waals surface area contributed by atoms with Gasteiger partial charge in [-0.2, -0.15) is 5.26 Å². The third-order valence-electron chi connectivity index (χ3n) is 2.12. The van der Waals surface area contributed by atoms with E-state index in [9.17, 15) is 8.78 Å². The van der Waals surface area contributed by atoms with E-state index in [0.717, 1.165) is 0 Å². The Morgan fingerprint density at radius 2 is 2.00 bits per heavy atom. The van der Waals surface area contributed by atoms with Crippen LogP contribution in [0.5, 0.6) is 5.75 Å². The van der Waals surface area contributed by atoms with Crippen molar-refractivity contribution in [3.63, 3.8) is 0 Å². The van der Waals surface area contributed by atoms with Gasteiger partial charge in [-0.25, -0.2) is 8.78 Å². The van der Waals surface area contributed by atoms with Crippen LogP contribution in [0.2, 0.25) is 0 Å². The predicted molar refractivity (Wildman–Crippen MR) is 59.5 cm³/mol. The molecule has 0 saturated carbocycles. The molecule has 3 nitrogen and oxygen atoms in total. The zero-order chi connectivity index (χ0) is 12.7. The summed E-state index contributed by atoms with van der Waals surface area (Å²) in [6.45, 7) is 0.523. The van der Waals surface area contributed by atoms with E-state index in [1.165, 1.54) is 12.1 Å². The van der Waals surface area contributed by atoms with Gasteiger partial charge in [0.25, 0.3) is 0 Å². The van der Waals surface area contributed by atoms with Crippen molar-refractivity contribution >= 4 is 0 Å². The minimum Gasteiger partial charge on any atom is -0.488 e. The van der Waals surface area contributed by atoms with Crippen molar-refractivity contribution < 1.29 is 13.5 Å². The summed E-state index contributed by atoms with van der Waals surface area (Å²) in [4.78, 5) is 0. The first-order valence-corrected chi connectivity index (χ1v) is 5.31. The lowest BCUT2D eigenvalue weighted by Gasteiger charge is -2.09. The second kappa shape index (κ2) is 6.81. The number of hydrogen-bond acceptors (Lipinski definition) is 3. The number of nitriles is 1. The molecule has 0 fully saturated rings. The number of nitrogens with one attached hydrogen (secondary N) is 1. The molecule has 1 rings (SSSR count). The Balaban J connectivity index is 2.69. The van der Waals surface area contributed by atoms with Crippen LogP contribution in [0.4, 0.5) is 8.78 Å². The van der Waals surface area contributed by atoms with Crippen molar-refractivity contribution in [1.29, 1.82) is 5.26 Å². The number of hydrogen-bond donors (Lipinski definition) is 1. The van der Waals surface area contributed by atoms with Crippen molar-refractivity contribution in [3.05, 3.63) is 29.3 Å². The molecule has 0 bridgehead atoms. The van der Waals surface area contributed by atoms with Crippen molar-refractivity contribution in [2.24, 2.45) is 0 Å². The van der Waals surface area contributed by atoms with E-state index < -0.39 is 11.6 Å². The summed E-state index contributed by atoms with van der Waals surface area (Å²) in [7, 11) is 1.70. The molecule has 17 heavy (non-hydrogen) atoms. The minimum absolute atomic E-state index is 0.132. The molecule has 1 aromatic carbocycles. The van der Waals surface area contributed by atoms with Crippen LogP contribution in [0.3, 0.4) is 0 Å². The van der Waals surface area contributed by atoms with Gasteiger partial charge in [0.15, 0.2) is 17.4 Å². The number of benzene rings is 1. The highest BCUT2D eigenvalue weighted by Gasteiger charge is 2.12. The monoisotopic (exact) mass is 240 g/mol. The summed E-state index contributed by atoms with van der Waals surface area (Å²) < 4.78 is 32.0. The summed E-state index contributed by atoms with van der Waals surface area (Å²) in [6, 6.07) is 4.40. The Bertz CT molecular complexity index is 392. The molecule has 0 spiro atoms. The summed E-state index contributed by atoms with van der Waals surface area (Å²) in [6.07, 6.45) is 0.759. The van der Waals surface area contributed by atoms with E-state index in [-0.39, 0.29) is 12.4 Å². The molecule has 0 amide bonds. The molecular weight excluding hydrogens is 226 g/mol. The number of unbranched alkanes of at least 4 members (excludes halogenated alkanes) is 1. The van der Waals surface area contributed by atoms with Gasteiger partial charge in [-0.1, -0.05) is 0 Å². The van der Waals surface area contributed by atoms with E-state index in [4.69, 9.17) is 10.00 Å². The van der Waals surface area contributed by atoms with Crippen LogP contribution < -0.4 is 10.1 Å². The van der Waals surface area contributed by atoms with Crippen molar-refractivity contribution in [2.45, 2.75) is 19.4 Å². The van der Waals surface area contributed by atoms with Gasteiger partial charge in [0.05, 0.1) is 12.7 Å². The summed E-state index contributed by atoms with van der Waals surface area (Å²) >= 11 is 0. The molecule has 0 aromatic heterocycles. The zero-order valence-electron chi connectivity index (χ0n) is 9.59. The quantitative estimate of drug-likeness (QED) is 0.776. The second-order valence-electron chi connectivity index (χ2n) is 3.53. The first-order chi connectivity index (χ1) is 8.19. The van der Waals surface area contributed by atoms with Crippen LogP contribution in [0.1, 0.15) is 18.4 Å². The zero-order valence-corrected chi connectivity index (χ0v) is 9.59. The maximum absolute atomic E-state index is 13.5. The lowest BCUT2D eigenvalue weighted by molar-refractivity contribution is 0.281. The molecule has 0 radical (unpaired) electrons. The van der Waals surface area contributed by atoms with Crippen molar-refractivity contribution in [1.82, 2.24) is 5.32 Å². The van der Waals surface area contributed by atoms with E-state index >= 15 is 0 Å². The van der Waals surface area contributed by atoms with Gasteiger partial charge < -0.3 is 10.1 Å². The maximum atomic E-state index is 13.5. The Hall–Kier alpha value is -1.67. The Labute approximate surface area is 99.0 Å². The van der Waals surface area contributed by atoms with Crippen molar-refractivity contribution in [2.75, 3.05) is 13.7 Å². The van der Waals surface area contributed by atoms with Crippen LogP contribution in [0.25, 0.3) is 0 Å². The third kappa shape index (κ3) is 4.00. The summed E-state index contributed by atoms with van der Waals surface area (Å²) in [5.41, 5.74) is 0.520. The fourth-order valence-corrected chi connectivity index (χ4v) is 1.38. The fourth-order valence-electron chi connectivity index (χ4n) is 1.38. The van der Waals surface area contributed by atoms with Gasteiger partial charge in [-0.15, -0.1) is 0 Å². The summed E-state index contributed by atoms with van der Waals surface area (Å²) in [5, 5.41) is 11.1. The predicted octanol–water partition coefficient (Wildman–Crippen LogP) is 2.37. The first kappa shape index (κ1) is 13.4. The molecule has 0 aliphatic carbocycles. The van der Waals surface area contributed by atoms with Gasteiger partial charge in [-0.05, 0) is 31.2 Å². The standard InChI is InChI=1S/C12H14F2N2O/c1-16-8-9-6-10(13)12(11(14)7-9)17-5-3-2-4-15/h6-7,16H,2-3,5,8H2,1H3. The van der Waals surface area contributed by atoms with E-state index in [2.05, 4.69) is 5.32 Å². The van der Waals surface area contributed by atoms with E-state index in [1.807, 2.05) is 6.07 Å². The smallest absolute Gasteiger partial charge is 0.190 e. The largest absolute Gasteiger partial charge is 0.488 e. The summed E-state index contributed by atoms with van der Waals surface area (Å²) in [5.74, 6) is -1.80. The van der Waals surface area contributed by atoms with Crippen LogP contribution in [-0.4, -0.2) is 13.7 Å². The molecule has 0 aliphatic heterocycles. The van der Waals surface area contributed by atoms with Gasteiger partial charge in [0, 0.05) is 13.0 Å². The second-order valence-corrected chi connectivity index (χ2v) is 3.53. The molecule has 92 valence electrons. The number of nitrogens with zero attached hydrogens (tertiary/aromatic N) is 1. The van der Waals surface area contributed by atoms with Crippen LogP contribution in [0.15, 0.2) is 12.1 Å². The Morgan fingerprint density at radius 1 is 1.35 bits per heavy atom. The lowest BCUT2D eigenvalue weighted by atomic mass is 10.2. The Kier molecular flexibility index (Phi) is 5.37. The molecule has 1 N–H and O–H groups in total. The molecule has 0 unspecified atom stereocenters. The van der Waals surface area contributed by atoms with E-state index in [0.29, 0.717) is 24.9 Å². The number of halogens is 2. The maximum Gasteiger partial charge on any atom is 0.190 e. The topological polar surface area (TPSA) is 45.0 Å². The first-order valence-electron chi connectivity index (χ1n) is 5.31. The third-order valence-corrected chi connectivity index (χ3v) is 2.12. The van der Waals surface area contributed by atoms with Gasteiger partial charge >= 0.3 is 0 Å². The minimum atomic E-state index is -0.716. The molecule has 0 saturated heterocycles. The van der Waals surface area contributed by atoms with Crippen LogP contribution >= 0.6 is 0 Å². The highest BCUT2D eigenvalue weighted by atomic mass is 19.1. The highest BCUT2D eigenvalue weighted by molar-refractivity contribution is 5.31. The number of ether oxygens (including phenoxy) is 1. The normalized spacial score (nSPS) is 10.0. The van der Waals surface area contributed by atoms with E-state index in [1.54, 1.807) is 7.05 Å². The van der Waals surface area contributed by atoms with Crippen molar-refractivity contribution in [3.8, 4) is 11.8 Å². The SMILES string of the molecule is CNCc1cc(F)c(OCCCC#N)c(F)c1. The molecular formula is C12H14F2N2O. The Morgan fingerprint density at radius 3 is 2.53 bits per heavy atom. The van der Waals surface area contributed by atoms with Gasteiger partial charge in [0.2, 0.25) is 0 Å². The molecule has 1 aromatic rings. The van der Waals surface area contributed by atoms with Crippen LogP contribution in [0, 0.1) is 23.0 Å². The van der Waals surface area contributed by atoms with Crippen LogP contribution in [-0.2, 0) is 6.54 Å². The average molecular weight is 240 g/mol. The average Bonchev–Trinajstić information content (AvgIpc) is 2.27. The highest BCUT2D eigenvalue weighted by Crippen LogP contribution is 2.23.